The number of rotatable bonds is 3. The lowest BCUT2D eigenvalue weighted by Crippen LogP contribution is -2.33. The van der Waals surface area contributed by atoms with Crippen molar-refractivity contribution in [1.82, 2.24) is 0 Å². The number of halogens is 2. The molecule has 1 aromatic rings. The van der Waals surface area contributed by atoms with E-state index in [1.165, 1.54) is 0 Å². The molecule has 0 spiro atoms. The maximum absolute atomic E-state index is 14.0. The summed E-state index contributed by atoms with van der Waals surface area (Å²) in [6.07, 6.45) is 1.54. The van der Waals surface area contributed by atoms with Gasteiger partial charge in [0, 0.05) is 12.1 Å². The third-order valence-electron chi connectivity index (χ3n) is 3.18. The number of aliphatic hydroxyl groups is 1. The van der Waals surface area contributed by atoms with Crippen molar-refractivity contribution in [1.29, 1.82) is 0 Å². The summed E-state index contributed by atoms with van der Waals surface area (Å²) >= 11 is 4.70. The van der Waals surface area contributed by atoms with Crippen molar-refractivity contribution in [2.24, 2.45) is 5.73 Å². The fourth-order valence-electron chi connectivity index (χ4n) is 2.30. The Morgan fingerprint density at radius 1 is 1.44 bits per heavy atom. The molecule has 3 nitrogen and oxygen atoms in total. The largest absolute Gasteiger partial charge is 0.394 e. The Kier molecular flexibility index (Phi) is 3.77. The van der Waals surface area contributed by atoms with Gasteiger partial charge in [-0.1, -0.05) is 12.2 Å². The van der Waals surface area contributed by atoms with Crippen molar-refractivity contribution in [2.75, 3.05) is 18.1 Å². The van der Waals surface area contributed by atoms with Gasteiger partial charge >= 0.3 is 0 Å². The van der Waals surface area contributed by atoms with E-state index < -0.39 is 11.6 Å². The maximum Gasteiger partial charge on any atom is 0.150 e. The van der Waals surface area contributed by atoms with Crippen LogP contribution in [0.4, 0.5) is 14.5 Å². The second kappa shape index (κ2) is 5.16. The predicted molar refractivity (Wildman–Crippen MR) is 69.7 cm³/mol. The van der Waals surface area contributed by atoms with Crippen LogP contribution in [0, 0.1) is 11.6 Å². The van der Waals surface area contributed by atoms with Crippen LogP contribution in [0.3, 0.4) is 0 Å². The van der Waals surface area contributed by atoms with E-state index in [2.05, 4.69) is 0 Å². The molecule has 1 heterocycles. The molecule has 1 fully saturated rings. The molecule has 0 saturated carbocycles. The second-order valence-corrected chi connectivity index (χ2v) is 4.76. The van der Waals surface area contributed by atoms with E-state index >= 15 is 0 Å². The van der Waals surface area contributed by atoms with Crippen LogP contribution in [0.1, 0.15) is 18.4 Å². The lowest BCUT2D eigenvalue weighted by molar-refractivity contribution is 0.265. The van der Waals surface area contributed by atoms with Gasteiger partial charge in [0.05, 0.1) is 12.6 Å². The van der Waals surface area contributed by atoms with Crippen molar-refractivity contribution in [3.63, 3.8) is 0 Å². The molecule has 0 amide bonds. The zero-order valence-corrected chi connectivity index (χ0v) is 10.5. The van der Waals surface area contributed by atoms with E-state index in [-0.39, 0.29) is 28.9 Å². The standard InChI is InChI=1S/C12H14F2N2OS/c13-9-4-7(12(15)18)5-10(14)11(9)16-3-1-2-8(16)6-17/h4-5,8,17H,1-3,6H2,(H2,15,18). The summed E-state index contributed by atoms with van der Waals surface area (Å²) in [7, 11) is 0. The van der Waals surface area contributed by atoms with Gasteiger partial charge in [-0.25, -0.2) is 8.78 Å². The number of aliphatic hydroxyl groups excluding tert-OH is 1. The van der Waals surface area contributed by atoms with E-state index in [0.29, 0.717) is 6.54 Å². The molecule has 1 aliphatic rings. The van der Waals surface area contributed by atoms with E-state index in [1.54, 1.807) is 4.90 Å². The molecule has 0 aromatic heterocycles. The SMILES string of the molecule is NC(=S)c1cc(F)c(N2CCCC2CO)c(F)c1. The quantitative estimate of drug-likeness (QED) is 0.820. The lowest BCUT2D eigenvalue weighted by Gasteiger charge is -2.26. The monoisotopic (exact) mass is 272 g/mol. The van der Waals surface area contributed by atoms with Crippen LogP contribution in [0.15, 0.2) is 12.1 Å². The Morgan fingerprint density at radius 3 is 2.56 bits per heavy atom. The molecule has 18 heavy (non-hydrogen) atoms. The fourth-order valence-corrected chi connectivity index (χ4v) is 2.42. The average Bonchev–Trinajstić information content (AvgIpc) is 2.76. The van der Waals surface area contributed by atoms with Crippen LogP contribution < -0.4 is 10.6 Å². The van der Waals surface area contributed by atoms with Crippen molar-refractivity contribution >= 4 is 22.9 Å². The predicted octanol–water partition coefficient (Wildman–Crippen LogP) is 1.56. The first kappa shape index (κ1) is 13.2. The van der Waals surface area contributed by atoms with Gasteiger partial charge in [-0.15, -0.1) is 0 Å². The van der Waals surface area contributed by atoms with Gasteiger partial charge in [-0.3, -0.25) is 0 Å². The molecule has 1 aliphatic heterocycles. The minimum Gasteiger partial charge on any atom is -0.394 e. The number of anilines is 1. The van der Waals surface area contributed by atoms with E-state index in [1.807, 2.05) is 0 Å². The van der Waals surface area contributed by atoms with Crippen molar-refractivity contribution in [2.45, 2.75) is 18.9 Å². The first-order valence-corrected chi connectivity index (χ1v) is 6.11. The average molecular weight is 272 g/mol. The van der Waals surface area contributed by atoms with E-state index in [4.69, 9.17) is 18.0 Å². The van der Waals surface area contributed by atoms with Gasteiger partial charge in [0.2, 0.25) is 0 Å². The molecule has 3 N–H and O–H groups in total. The summed E-state index contributed by atoms with van der Waals surface area (Å²) in [4.78, 5) is 1.52. The molecule has 0 radical (unpaired) electrons. The van der Waals surface area contributed by atoms with Crippen LogP contribution in [0.5, 0.6) is 0 Å². The first-order valence-electron chi connectivity index (χ1n) is 5.71. The second-order valence-electron chi connectivity index (χ2n) is 4.32. The number of nitrogens with zero attached hydrogens (tertiary/aromatic N) is 1. The molecule has 0 aliphatic carbocycles. The van der Waals surface area contributed by atoms with Crippen LogP contribution in [0.25, 0.3) is 0 Å². The van der Waals surface area contributed by atoms with Gasteiger partial charge in [0.1, 0.15) is 22.3 Å². The normalized spacial score (nSPS) is 19.3. The van der Waals surface area contributed by atoms with Crippen molar-refractivity contribution in [3.8, 4) is 0 Å². The minimum atomic E-state index is -0.696. The summed E-state index contributed by atoms with van der Waals surface area (Å²) in [5, 5.41) is 9.20. The number of thiocarbonyl (C=S) groups is 1. The van der Waals surface area contributed by atoms with Crippen LogP contribution >= 0.6 is 12.2 Å². The summed E-state index contributed by atoms with van der Waals surface area (Å²) in [6.45, 7) is 0.418. The minimum absolute atomic E-state index is 0.0421. The highest BCUT2D eigenvalue weighted by atomic mass is 32.1. The third kappa shape index (κ3) is 2.30. The number of hydrogen-bond donors (Lipinski definition) is 2. The van der Waals surface area contributed by atoms with Crippen LogP contribution in [0.2, 0.25) is 0 Å². The molecule has 98 valence electrons. The molecule has 1 aromatic carbocycles. The molecule has 1 saturated heterocycles. The summed E-state index contributed by atoms with van der Waals surface area (Å²) in [6, 6.07) is 2.03. The highest BCUT2D eigenvalue weighted by Crippen LogP contribution is 2.31. The van der Waals surface area contributed by atoms with Gasteiger partial charge in [-0.05, 0) is 25.0 Å². The Hall–Kier alpha value is -1.27. The van der Waals surface area contributed by atoms with Gasteiger partial charge in [0.25, 0.3) is 0 Å². The fraction of sp³-hybridized carbons (Fsp3) is 0.417. The molecular formula is C12H14F2N2OS. The third-order valence-corrected chi connectivity index (χ3v) is 3.41. The van der Waals surface area contributed by atoms with E-state index in [0.717, 1.165) is 25.0 Å². The van der Waals surface area contributed by atoms with E-state index in [9.17, 15) is 13.9 Å². The molecular weight excluding hydrogens is 258 g/mol. The molecule has 0 bridgehead atoms. The smallest absolute Gasteiger partial charge is 0.150 e. The Morgan fingerprint density at radius 2 is 2.06 bits per heavy atom. The number of hydrogen-bond acceptors (Lipinski definition) is 3. The van der Waals surface area contributed by atoms with Crippen LogP contribution in [-0.4, -0.2) is 29.3 Å². The summed E-state index contributed by atoms with van der Waals surface area (Å²) in [5.41, 5.74) is 5.42. The van der Waals surface area contributed by atoms with Crippen LogP contribution in [-0.2, 0) is 0 Å². The maximum atomic E-state index is 14.0. The van der Waals surface area contributed by atoms with Crippen molar-refractivity contribution < 1.29 is 13.9 Å². The molecule has 1 unspecified atom stereocenters. The van der Waals surface area contributed by atoms with Crippen molar-refractivity contribution in [3.05, 3.63) is 29.3 Å². The zero-order valence-electron chi connectivity index (χ0n) is 9.70. The topological polar surface area (TPSA) is 49.5 Å². The van der Waals surface area contributed by atoms with Gasteiger partial charge < -0.3 is 15.7 Å². The molecule has 2 rings (SSSR count). The highest BCUT2D eigenvalue weighted by Gasteiger charge is 2.28. The zero-order chi connectivity index (χ0) is 13.3. The molecule has 1 atom stereocenters. The van der Waals surface area contributed by atoms with Gasteiger partial charge in [-0.2, -0.15) is 0 Å². The molecule has 6 heteroatoms. The first-order chi connectivity index (χ1) is 8.54. The Balaban J connectivity index is 2.42. The summed E-state index contributed by atoms with van der Waals surface area (Å²) < 4.78 is 27.9. The number of nitrogens with two attached hydrogens (primary N) is 1. The lowest BCUT2D eigenvalue weighted by atomic mass is 10.1. The summed E-state index contributed by atoms with van der Waals surface area (Å²) in [5.74, 6) is -1.39. The Bertz CT molecular complexity index is 458. The Labute approximate surface area is 109 Å². The number of benzene rings is 1. The van der Waals surface area contributed by atoms with Gasteiger partial charge in [0.15, 0.2) is 0 Å². The highest BCUT2D eigenvalue weighted by molar-refractivity contribution is 7.80.